The van der Waals surface area contributed by atoms with Crippen LogP contribution in [0.25, 0.3) is 0 Å². The van der Waals surface area contributed by atoms with Crippen molar-refractivity contribution in [3.8, 4) is 17.2 Å². The Hall–Kier alpha value is -3.55. The van der Waals surface area contributed by atoms with Crippen LogP contribution in [-0.4, -0.2) is 45.4 Å². The standard InChI is InChI=1S/C22H27N3O5/c1-14(2)20(24-21(26)16-7-9-17(28-3)10-8-16)22(27)25-23-13-15-6-11-18(29-4)19(12-15)30-5/h6-14,20H,1-5H3,(H,24,26)(H,25,27). The minimum Gasteiger partial charge on any atom is -0.497 e. The third-order valence-electron chi connectivity index (χ3n) is 4.38. The molecule has 0 fully saturated rings. The van der Waals surface area contributed by atoms with Gasteiger partial charge in [0, 0.05) is 5.56 Å². The monoisotopic (exact) mass is 413 g/mol. The van der Waals surface area contributed by atoms with Crippen molar-refractivity contribution in [2.24, 2.45) is 11.0 Å². The van der Waals surface area contributed by atoms with Crippen LogP contribution in [0.4, 0.5) is 0 Å². The molecule has 2 aromatic carbocycles. The Morgan fingerprint density at radius 3 is 2.17 bits per heavy atom. The molecule has 0 radical (unpaired) electrons. The first kappa shape index (κ1) is 22.7. The smallest absolute Gasteiger partial charge is 0.262 e. The molecule has 30 heavy (non-hydrogen) atoms. The fraction of sp³-hybridized carbons (Fsp3) is 0.318. The van der Waals surface area contributed by atoms with E-state index in [0.29, 0.717) is 22.8 Å². The molecule has 1 atom stereocenters. The average Bonchev–Trinajstić information content (AvgIpc) is 2.76. The summed E-state index contributed by atoms with van der Waals surface area (Å²) in [6.07, 6.45) is 1.49. The minimum absolute atomic E-state index is 0.136. The molecule has 0 spiro atoms. The Morgan fingerprint density at radius 2 is 1.60 bits per heavy atom. The molecule has 0 aliphatic rings. The van der Waals surface area contributed by atoms with Crippen molar-refractivity contribution in [3.05, 3.63) is 53.6 Å². The van der Waals surface area contributed by atoms with Gasteiger partial charge in [0.15, 0.2) is 11.5 Å². The first-order valence-electron chi connectivity index (χ1n) is 9.39. The molecule has 8 nitrogen and oxygen atoms in total. The van der Waals surface area contributed by atoms with E-state index in [-0.39, 0.29) is 11.8 Å². The second-order valence-electron chi connectivity index (χ2n) is 6.77. The molecule has 0 heterocycles. The molecule has 0 aliphatic carbocycles. The van der Waals surface area contributed by atoms with E-state index in [4.69, 9.17) is 14.2 Å². The lowest BCUT2D eigenvalue weighted by atomic mass is 10.0. The van der Waals surface area contributed by atoms with Crippen LogP contribution >= 0.6 is 0 Å². The Labute approximate surface area is 176 Å². The number of methoxy groups -OCH3 is 3. The molecule has 2 rings (SSSR count). The molecular weight excluding hydrogens is 386 g/mol. The summed E-state index contributed by atoms with van der Waals surface area (Å²) in [4.78, 5) is 25.1. The Bertz CT molecular complexity index is 894. The number of nitrogens with zero attached hydrogens (tertiary/aromatic N) is 1. The highest BCUT2D eigenvalue weighted by Crippen LogP contribution is 2.26. The summed E-state index contributed by atoms with van der Waals surface area (Å²) in [6.45, 7) is 3.69. The van der Waals surface area contributed by atoms with Gasteiger partial charge in [-0.1, -0.05) is 13.8 Å². The molecule has 0 bridgehead atoms. The van der Waals surface area contributed by atoms with Crippen molar-refractivity contribution in [1.82, 2.24) is 10.7 Å². The topological polar surface area (TPSA) is 98.2 Å². The zero-order valence-corrected chi connectivity index (χ0v) is 17.8. The summed E-state index contributed by atoms with van der Waals surface area (Å²) in [7, 11) is 4.65. The lowest BCUT2D eigenvalue weighted by Crippen LogP contribution is -2.48. The largest absolute Gasteiger partial charge is 0.497 e. The van der Waals surface area contributed by atoms with Crippen LogP contribution < -0.4 is 25.0 Å². The highest BCUT2D eigenvalue weighted by molar-refractivity contribution is 5.97. The first-order chi connectivity index (χ1) is 14.4. The summed E-state index contributed by atoms with van der Waals surface area (Å²) in [6, 6.07) is 11.2. The lowest BCUT2D eigenvalue weighted by Gasteiger charge is -2.20. The van der Waals surface area contributed by atoms with Gasteiger partial charge in [0.1, 0.15) is 11.8 Å². The number of benzene rings is 2. The van der Waals surface area contributed by atoms with Crippen LogP contribution in [0.3, 0.4) is 0 Å². The van der Waals surface area contributed by atoms with Crippen LogP contribution in [0.15, 0.2) is 47.6 Å². The van der Waals surface area contributed by atoms with E-state index >= 15 is 0 Å². The normalized spacial score (nSPS) is 11.8. The number of amides is 2. The van der Waals surface area contributed by atoms with Gasteiger partial charge in [0.2, 0.25) is 0 Å². The summed E-state index contributed by atoms with van der Waals surface area (Å²) in [5, 5.41) is 6.74. The fourth-order valence-electron chi connectivity index (χ4n) is 2.68. The van der Waals surface area contributed by atoms with Crippen LogP contribution in [-0.2, 0) is 4.79 Å². The van der Waals surface area contributed by atoms with Crippen molar-refractivity contribution in [2.45, 2.75) is 19.9 Å². The highest BCUT2D eigenvalue weighted by Gasteiger charge is 2.24. The Morgan fingerprint density at radius 1 is 0.933 bits per heavy atom. The third kappa shape index (κ3) is 5.97. The maximum absolute atomic E-state index is 12.6. The van der Waals surface area contributed by atoms with Crippen LogP contribution in [0.1, 0.15) is 29.8 Å². The number of hydrogen-bond acceptors (Lipinski definition) is 6. The zero-order chi connectivity index (χ0) is 22.1. The molecule has 2 aromatic rings. The third-order valence-corrected chi connectivity index (χ3v) is 4.38. The van der Waals surface area contributed by atoms with Gasteiger partial charge in [-0.05, 0) is 53.9 Å². The first-order valence-corrected chi connectivity index (χ1v) is 9.39. The maximum atomic E-state index is 12.6. The second-order valence-corrected chi connectivity index (χ2v) is 6.77. The van der Waals surface area contributed by atoms with Crippen molar-refractivity contribution in [1.29, 1.82) is 0 Å². The average molecular weight is 413 g/mol. The second kappa shape index (κ2) is 10.8. The van der Waals surface area contributed by atoms with Crippen molar-refractivity contribution >= 4 is 18.0 Å². The summed E-state index contributed by atoms with van der Waals surface area (Å²) in [5.41, 5.74) is 3.63. The van der Waals surface area contributed by atoms with E-state index < -0.39 is 11.9 Å². The predicted octanol–water partition coefficient (Wildman–Crippen LogP) is 2.62. The van der Waals surface area contributed by atoms with Crippen molar-refractivity contribution < 1.29 is 23.8 Å². The number of ether oxygens (including phenoxy) is 3. The molecule has 0 aromatic heterocycles. The molecule has 2 N–H and O–H groups in total. The van der Waals surface area contributed by atoms with E-state index in [1.165, 1.54) is 6.21 Å². The van der Waals surface area contributed by atoms with E-state index in [0.717, 1.165) is 5.56 Å². The quantitative estimate of drug-likeness (QED) is 0.486. The van der Waals surface area contributed by atoms with Gasteiger partial charge >= 0.3 is 0 Å². The van der Waals surface area contributed by atoms with Gasteiger partial charge in [0.05, 0.1) is 27.5 Å². The number of rotatable bonds is 9. The summed E-state index contributed by atoms with van der Waals surface area (Å²) >= 11 is 0. The number of nitrogens with one attached hydrogen (secondary N) is 2. The van der Waals surface area contributed by atoms with Gasteiger partial charge < -0.3 is 19.5 Å². The van der Waals surface area contributed by atoms with Crippen LogP contribution in [0.5, 0.6) is 17.2 Å². The Kier molecular flexibility index (Phi) is 8.22. The molecule has 8 heteroatoms. The number of carbonyl (C=O) groups excluding carboxylic acids is 2. The SMILES string of the molecule is COc1ccc(C(=O)NC(C(=O)NN=Cc2ccc(OC)c(OC)c2)C(C)C)cc1. The minimum atomic E-state index is -0.748. The van der Waals surface area contributed by atoms with Crippen LogP contribution in [0, 0.1) is 5.92 Å². The van der Waals surface area contributed by atoms with E-state index in [2.05, 4.69) is 15.8 Å². The van der Waals surface area contributed by atoms with Gasteiger partial charge in [-0.15, -0.1) is 0 Å². The van der Waals surface area contributed by atoms with Crippen LogP contribution in [0.2, 0.25) is 0 Å². The van der Waals surface area contributed by atoms with Gasteiger partial charge in [-0.25, -0.2) is 5.43 Å². The molecule has 2 amide bonds. The van der Waals surface area contributed by atoms with E-state index in [1.807, 2.05) is 13.8 Å². The van der Waals surface area contributed by atoms with Crippen molar-refractivity contribution in [2.75, 3.05) is 21.3 Å². The molecular formula is C22H27N3O5. The van der Waals surface area contributed by atoms with E-state index in [1.54, 1.807) is 63.8 Å². The van der Waals surface area contributed by atoms with E-state index in [9.17, 15) is 9.59 Å². The number of hydrogen-bond donors (Lipinski definition) is 2. The molecule has 0 aliphatic heterocycles. The fourth-order valence-corrected chi connectivity index (χ4v) is 2.68. The highest BCUT2D eigenvalue weighted by atomic mass is 16.5. The molecule has 0 saturated heterocycles. The molecule has 1 unspecified atom stereocenters. The van der Waals surface area contributed by atoms with Crippen molar-refractivity contribution in [3.63, 3.8) is 0 Å². The predicted molar refractivity (Wildman–Crippen MR) is 114 cm³/mol. The lowest BCUT2D eigenvalue weighted by molar-refractivity contribution is -0.123. The molecule has 0 saturated carbocycles. The molecule has 160 valence electrons. The Balaban J connectivity index is 2.02. The number of hydrazone groups is 1. The van der Waals surface area contributed by atoms with Gasteiger partial charge in [0.25, 0.3) is 11.8 Å². The summed E-state index contributed by atoms with van der Waals surface area (Å²) in [5.74, 6) is 0.899. The maximum Gasteiger partial charge on any atom is 0.262 e. The van der Waals surface area contributed by atoms with Gasteiger partial charge in [-0.3, -0.25) is 9.59 Å². The summed E-state index contributed by atoms with van der Waals surface area (Å²) < 4.78 is 15.5. The van der Waals surface area contributed by atoms with Gasteiger partial charge in [-0.2, -0.15) is 5.10 Å². The zero-order valence-electron chi connectivity index (χ0n) is 17.8. The number of carbonyl (C=O) groups is 2.